The van der Waals surface area contributed by atoms with Crippen molar-refractivity contribution >= 4 is 43.9 Å². The number of anilines is 2. The smallest absolute Gasteiger partial charge is 0.286 e. The second-order valence-electron chi connectivity index (χ2n) is 7.68. The summed E-state index contributed by atoms with van der Waals surface area (Å²) in [6.07, 6.45) is 4.40. The molecule has 1 N–H and O–H groups in total. The lowest BCUT2D eigenvalue weighted by atomic mass is 10.1. The quantitative estimate of drug-likeness (QED) is 0.792. The zero-order valence-corrected chi connectivity index (χ0v) is 18.0. The summed E-state index contributed by atoms with van der Waals surface area (Å²) in [5.41, 5.74) is 0.852. The van der Waals surface area contributed by atoms with Gasteiger partial charge in [0, 0.05) is 24.9 Å². The number of hydrogen-bond acceptors (Lipinski definition) is 7. The molecule has 3 heterocycles. The fourth-order valence-electron chi connectivity index (χ4n) is 3.53. The maximum Gasteiger partial charge on any atom is 0.286 e. The van der Waals surface area contributed by atoms with E-state index in [9.17, 15) is 13.2 Å². The van der Waals surface area contributed by atoms with Crippen LogP contribution in [-0.2, 0) is 16.4 Å². The molecule has 0 aliphatic carbocycles. The Labute approximate surface area is 174 Å². The first-order chi connectivity index (χ1) is 13.8. The molecule has 29 heavy (non-hydrogen) atoms. The number of nitrogens with zero attached hydrogens (tertiary/aromatic N) is 4. The van der Waals surface area contributed by atoms with E-state index in [4.69, 9.17) is 0 Å². The van der Waals surface area contributed by atoms with E-state index in [0.29, 0.717) is 29.0 Å². The van der Waals surface area contributed by atoms with E-state index in [1.54, 1.807) is 12.1 Å². The van der Waals surface area contributed by atoms with Crippen molar-refractivity contribution in [3.05, 3.63) is 28.8 Å². The molecule has 2 aliphatic heterocycles. The van der Waals surface area contributed by atoms with E-state index < -0.39 is 15.9 Å². The fraction of sp³-hybridized carbons (Fsp3) is 0.474. The molecule has 0 bridgehead atoms. The van der Waals surface area contributed by atoms with Gasteiger partial charge in [-0.2, -0.15) is 8.42 Å². The molecule has 1 aromatic carbocycles. The molecule has 1 saturated heterocycles. The molecule has 0 spiro atoms. The topological polar surface area (TPSA) is 105 Å². The number of sulfonamides is 1. The first kappa shape index (κ1) is 20.0. The van der Waals surface area contributed by atoms with Crippen LogP contribution in [0.15, 0.2) is 27.5 Å². The van der Waals surface area contributed by atoms with E-state index in [1.807, 2.05) is 4.90 Å². The van der Waals surface area contributed by atoms with E-state index >= 15 is 0 Å². The van der Waals surface area contributed by atoms with E-state index in [2.05, 4.69) is 33.8 Å². The number of amides is 1. The summed E-state index contributed by atoms with van der Waals surface area (Å²) >= 11 is 1.33. The molecule has 154 valence electrons. The van der Waals surface area contributed by atoms with Crippen LogP contribution in [0.5, 0.6) is 0 Å². The number of fused-ring (bicyclic) bond motifs is 3. The number of hydrogen-bond donors (Lipinski definition) is 1. The molecule has 1 aromatic heterocycles. The molecule has 1 fully saturated rings. The Morgan fingerprint density at radius 2 is 2.07 bits per heavy atom. The summed E-state index contributed by atoms with van der Waals surface area (Å²) < 4.78 is 29.4. The number of rotatable bonds is 4. The van der Waals surface area contributed by atoms with Crippen molar-refractivity contribution < 1.29 is 13.2 Å². The summed E-state index contributed by atoms with van der Waals surface area (Å²) in [5, 5.41) is 12.1. The van der Waals surface area contributed by atoms with E-state index in [-0.39, 0.29) is 10.5 Å². The Balaban J connectivity index is 1.60. The highest BCUT2D eigenvalue weighted by molar-refractivity contribution is 7.90. The molecule has 2 aliphatic rings. The standard InChI is InChI=1S/C19H23N5O3S2/c1-12(2)10-17-21-22-19(28-17)20-18(25)13-7-8-14-15(11-13)29(26,27)23-16-6-4-3-5-9-24(14)16/h7-8,11-12H,3-6,9-10H2,1-2H3,(H,20,22,25). The normalized spacial score (nSPS) is 17.9. The number of carbonyl (C=O) groups is 1. The van der Waals surface area contributed by atoms with Crippen LogP contribution in [0.4, 0.5) is 10.8 Å². The SMILES string of the molecule is CC(C)Cc1nnc(NC(=O)c2ccc3c(c2)S(=O)(=O)N=C2CCCCCN23)s1. The molecule has 1 amide bonds. The van der Waals surface area contributed by atoms with Gasteiger partial charge < -0.3 is 4.90 Å². The zero-order valence-electron chi connectivity index (χ0n) is 16.4. The molecule has 0 unspecified atom stereocenters. The average molecular weight is 434 g/mol. The van der Waals surface area contributed by atoms with Crippen molar-refractivity contribution in [1.29, 1.82) is 0 Å². The van der Waals surface area contributed by atoms with Crippen LogP contribution in [0.3, 0.4) is 0 Å². The molecule has 8 nitrogen and oxygen atoms in total. The predicted octanol–water partition coefficient (Wildman–Crippen LogP) is 3.47. The molecule has 2 aromatic rings. The van der Waals surface area contributed by atoms with Crippen molar-refractivity contribution in [3.8, 4) is 0 Å². The lowest BCUT2D eigenvalue weighted by Gasteiger charge is -2.29. The summed E-state index contributed by atoms with van der Waals surface area (Å²) in [4.78, 5) is 14.7. The maximum atomic E-state index is 12.7. The number of amidine groups is 1. The predicted molar refractivity (Wildman–Crippen MR) is 113 cm³/mol. The van der Waals surface area contributed by atoms with Gasteiger partial charge in [-0.3, -0.25) is 10.1 Å². The van der Waals surface area contributed by atoms with E-state index in [1.165, 1.54) is 17.4 Å². The van der Waals surface area contributed by atoms with Crippen LogP contribution in [0.25, 0.3) is 0 Å². The van der Waals surface area contributed by atoms with Crippen LogP contribution in [0.2, 0.25) is 0 Å². The minimum absolute atomic E-state index is 0.0774. The second-order valence-corrected chi connectivity index (χ2v) is 10.3. The lowest BCUT2D eigenvalue weighted by molar-refractivity contribution is 0.102. The minimum atomic E-state index is -3.83. The lowest BCUT2D eigenvalue weighted by Crippen LogP contribution is -2.35. The highest BCUT2D eigenvalue weighted by Gasteiger charge is 2.32. The maximum absolute atomic E-state index is 12.7. The fourth-order valence-corrected chi connectivity index (χ4v) is 5.76. The van der Waals surface area contributed by atoms with Gasteiger partial charge in [0.2, 0.25) is 5.13 Å². The van der Waals surface area contributed by atoms with Crippen molar-refractivity contribution in [2.24, 2.45) is 10.3 Å². The van der Waals surface area contributed by atoms with Gasteiger partial charge >= 0.3 is 0 Å². The van der Waals surface area contributed by atoms with Gasteiger partial charge in [0.05, 0.1) is 5.69 Å². The summed E-state index contributed by atoms with van der Waals surface area (Å²) in [7, 11) is -3.83. The number of carbonyl (C=O) groups excluding carboxylic acids is 1. The molecule has 0 saturated carbocycles. The van der Waals surface area contributed by atoms with Gasteiger partial charge in [0.1, 0.15) is 15.7 Å². The average Bonchev–Trinajstić information content (AvgIpc) is 2.95. The number of aromatic nitrogens is 2. The number of benzene rings is 1. The first-order valence-electron chi connectivity index (χ1n) is 9.72. The zero-order chi connectivity index (χ0) is 20.6. The Bertz CT molecular complexity index is 1080. The third-order valence-corrected chi connectivity index (χ3v) is 7.08. The molecule has 0 radical (unpaired) electrons. The van der Waals surface area contributed by atoms with Gasteiger partial charge in [-0.15, -0.1) is 14.6 Å². The van der Waals surface area contributed by atoms with Crippen molar-refractivity contribution in [3.63, 3.8) is 0 Å². The van der Waals surface area contributed by atoms with Crippen LogP contribution in [0, 0.1) is 5.92 Å². The van der Waals surface area contributed by atoms with Gasteiger partial charge in [-0.05, 0) is 37.0 Å². The van der Waals surface area contributed by atoms with Crippen molar-refractivity contribution in [2.75, 3.05) is 16.8 Å². The second kappa shape index (κ2) is 7.83. The molecular formula is C19H23N5O3S2. The molecule has 10 heteroatoms. The van der Waals surface area contributed by atoms with E-state index in [0.717, 1.165) is 37.2 Å². The van der Waals surface area contributed by atoms with Gasteiger partial charge in [-0.1, -0.05) is 31.6 Å². The number of nitrogens with one attached hydrogen (secondary N) is 1. The molecule has 0 atom stereocenters. The van der Waals surface area contributed by atoms with Gasteiger partial charge in [0.15, 0.2) is 0 Å². The Hall–Kier alpha value is -2.33. The highest BCUT2D eigenvalue weighted by atomic mass is 32.2. The molecule has 4 rings (SSSR count). The van der Waals surface area contributed by atoms with Crippen LogP contribution >= 0.6 is 11.3 Å². The van der Waals surface area contributed by atoms with Crippen LogP contribution in [0.1, 0.15) is 54.9 Å². The van der Waals surface area contributed by atoms with Crippen molar-refractivity contribution in [2.45, 2.75) is 50.8 Å². The summed E-state index contributed by atoms with van der Waals surface area (Å²) in [6.45, 7) is 4.91. The summed E-state index contributed by atoms with van der Waals surface area (Å²) in [5.74, 6) is 0.626. The van der Waals surface area contributed by atoms with Gasteiger partial charge in [-0.25, -0.2) is 0 Å². The largest absolute Gasteiger partial charge is 0.328 e. The Morgan fingerprint density at radius 3 is 2.86 bits per heavy atom. The highest BCUT2D eigenvalue weighted by Crippen LogP contribution is 2.35. The van der Waals surface area contributed by atoms with Crippen LogP contribution < -0.4 is 10.2 Å². The van der Waals surface area contributed by atoms with Gasteiger partial charge in [0.25, 0.3) is 15.9 Å². The Morgan fingerprint density at radius 1 is 1.24 bits per heavy atom. The van der Waals surface area contributed by atoms with Crippen LogP contribution in [-0.4, -0.2) is 36.9 Å². The third-order valence-electron chi connectivity index (χ3n) is 4.88. The first-order valence-corrected chi connectivity index (χ1v) is 12.0. The Kier molecular flexibility index (Phi) is 5.39. The van der Waals surface area contributed by atoms with Crippen molar-refractivity contribution in [1.82, 2.24) is 10.2 Å². The molecular weight excluding hydrogens is 410 g/mol. The summed E-state index contributed by atoms with van der Waals surface area (Å²) in [6, 6.07) is 4.75. The monoisotopic (exact) mass is 433 g/mol. The third kappa shape index (κ3) is 4.18. The minimum Gasteiger partial charge on any atom is -0.328 e.